The number of benzene rings is 2. The van der Waals surface area contributed by atoms with Gasteiger partial charge in [0.15, 0.2) is 5.78 Å². The van der Waals surface area contributed by atoms with Crippen LogP contribution >= 0.6 is 11.3 Å². The van der Waals surface area contributed by atoms with Gasteiger partial charge in [-0.2, -0.15) is 0 Å². The minimum Gasteiger partial charge on any atom is -0.478 e. The molecule has 124 valence electrons. The van der Waals surface area contributed by atoms with Gasteiger partial charge in [-0.25, -0.2) is 9.78 Å². The number of rotatable bonds is 5. The molecule has 0 atom stereocenters. The van der Waals surface area contributed by atoms with Crippen LogP contribution in [-0.2, 0) is 4.79 Å². The van der Waals surface area contributed by atoms with E-state index in [1.807, 2.05) is 41.8 Å². The Kier molecular flexibility index (Phi) is 4.86. The zero-order valence-corrected chi connectivity index (χ0v) is 14.3. The second kappa shape index (κ2) is 7.23. The molecule has 1 heterocycles. The lowest BCUT2D eigenvalue weighted by molar-refractivity contribution is -0.131. The molecule has 4 nitrogen and oxygen atoms in total. The lowest BCUT2D eigenvalue weighted by Crippen LogP contribution is -1.99. The number of ketones is 1. The monoisotopic (exact) mass is 349 g/mol. The predicted molar refractivity (Wildman–Crippen MR) is 99.7 cm³/mol. The van der Waals surface area contributed by atoms with E-state index in [2.05, 4.69) is 4.98 Å². The number of carboxylic acid groups (broad SMARTS) is 1. The smallest absolute Gasteiger partial charge is 0.328 e. The first kappa shape index (κ1) is 16.8. The Morgan fingerprint density at radius 2 is 1.84 bits per heavy atom. The van der Waals surface area contributed by atoms with Crippen LogP contribution in [-0.4, -0.2) is 21.8 Å². The van der Waals surface area contributed by atoms with Gasteiger partial charge in [0.25, 0.3) is 0 Å². The van der Waals surface area contributed by atoms with Crippen molar-refractivity contribution < 1.29 is 14.7 Å². The fraction of sp³-hybridized carbons (Fsp3) is 0.0500. The summed E-state index contributed by atoms with van der Waals surface area (Å²) in [5, 5.41) is 11.6. The van der Waals surface area contributed by atoms with Crippen LogP contribution in [0, 0.1) is 0 Å². The number of thiazole rings is 1. The summed E-state index contributed by atoms with van der Waals surface area (Å²) >= 11 is 1.46. The van der Waals surface area contributed by atoms with Crippen molar-refractivity contribution >= 4 is 29.2 Å². The molecule has 3 rings (SSSR count). The van der Waals surface area contributed by atoms with Crippen LogP contribution in [0.2, 0.25) is 0 Å². The summed E-state index contributed by atoms with van der Waals surface area (Å²) in [4.78, 5) is 27.5. The van der Waals surface area contributed by atoms with Crippen LogP contribution in [0.3, 0.4) is 0 Å². The van der Waals surface area contributed by atoms with Gasteiger partial charge in [-0.1, -0.05) is 48.5 Å². The van der Waals surface area contributed by atoms with Gasteiger partial charge in [-0.05, 0) is 18.6 Å². The van der Waals surface area contributed by atoms with Crippen LogP contribution < -0.4 is 0 Å². The number of hydrogen-bond donors (Lipinski definition) is 1. The minimum atomic E-state index is -1.06. The largest absolute Gasteiger partial charge is 0.478 e. The summed E-state index contributed by atoms with van der Waals surface area (Å²) in [5.41, 5.74) is 3.66. The molecular weight excluding hydrogens is 334 g/mol. The summed E-state index contributed by atoms with van der Waals surface area (Å²) < 4.78 is 0. The number of carbonyl (C=O) groups is 2. The van der Waals surface area contributed by atoms with Gasteiger partial charge >= 0.3 is 5.97 Å². The lowest BCUT2D eigenvalue weighted by Gasteiger charge is -2.08. The zero-order valence-electron chi connectivity index (χ0n) is 13.5. The second-order valence-electron chi connectivity index (χ2n) is 5.40. The van der Waals surface area contributed by atoms with Crippen LogP contribution in [0.15, 0.2) is 60.0 Å². The molecule has 0 radical (unpaired) electrons. The van der Waals surface area contributed by atoms with E-state index in [1.165, 1.54) is 24.3 Å². The third-order valence-corrected chi connectivity index (χ3v) is 4.56. The zero-order chi connectivity index (χ0) is 17.8. The molecule has 0 saturated carbocycles. The Bertz CT molecular complexity index is 958. The number of carbonyl (C=O) groups excluding carboxylic acids is 1. The molecule has 0 aliphatic carbocycles. The average molecular weight is 349 g/mol. The molecule has 1 aromatic heterocycles. The van der Waals surface area contributed by atoms with E-state index in [4.69, 9.17) is 5.11 Å². The Labute approximate surface area is 149 Å². The molecule has 25 heavy (non-hydrogen) atoms. The average Bonchev–Trinajstić information content (AvgIpc) is 3.10. The first-order valence-corrected chi connectivity index (χ1v) is 8.50. The summed E-state index contributed by atoms with van der Waals surface area (Å²) in [5.74, 6) is -1.18. The highest BCUT2D eigenvalue weighted by molar-refractivity contribution is 7.13. The van der Waals surface area contributed by atoms with Crippen molar-refractivity contribution in [2.24, 2.45) is 0 Å². The van der Waals surface area contributed by atoms with Crippen molar-refractivity contribution in [3.63, 3.8) is 0 Å². The SMILES string of the molecule is CC(=O)c1cccc(-c2nc(-c3ccccc3)cs2)c1/C=C/C(=O)O. The van der Waals surface area contributed by atoms with Crippen LogP contribution in [0.25, 0.3) is 27.9 Å². The third kappa shape index (κ3) is 3.72. The molecule has 1 N–H and O–H groups in total. The van der Waals surface area contributed by atoms with Gasteiger partial charge in [0.05, 0.1) is 5.69 Å². The number of nitrogens with zero attached hydrogens (tertiary/aromatic N) is 1. The van der Waals surface area contributed by atoms with Crippen LogP contribution in [0.1, 0.15) is 22.8 Å². The van der Waals surface area contributed by atoms with Gasteiger partial charge in [-0.15, -0.1) is 11.3 Å². The maximum absolute atomic E-state index is 11.9. The second-order valence-corrected chi connectivity index (χ2v) is 6.26. The maximum atomic E-state index is 11.9. The van der Waals surface area contributed by atoms with Crippen LogP contribution in [0.4, 0.5) is 0 Å². The quantitative estimate of drug-likeness (QED) is 0.532. The fourth-order valence-electron chi connectivity index (χ4n) is 2.53. The van der Waals surface area contributed by atoms with E-state index in [0.717, 1.165) is 27.9 Å². The summed E-state index contributed by atoms with van der Waals surface area (Å²) in [7, 11) is 0. The normalized spacial score (nSPS) is 10.9. The molecule has 0 aliphatic heterocycles. The van der Waals surface area contributed by atoms with Gasteiger partial charge in [-0.3, -0.25) is 4.79 Å². The van der Waals surface area contributed by atoms with Crippen molar-refractivity contribution in [1.29, 1.82) is 0 Å². The number of aromatic nitrogens is 1. The number of hydrogen-bond acceptors (Lipinski definition) is 4. The van der Waals surface area contributed by atoms with Crippen molar-refractivity contribution in [3.8, 4) is 21.8 Å². The Hall–Kier alpha value is -3.05. The summed E-state index contributed by atoms with van der Waals surface area (Å²) in [6.45, 7) is 1.47. The van der Waals surface area contributed by atoms with E-state index in [-0.39, 0.29) is 5.78 Å². The molecule has 0 unspecified atom stereocenters. The maximum Gasteiger partial charge on any atom is 0.328 e. The van der Waals surface area contributed by atoms with E-state index < -0.39 is 5.97 Å². The number of aliphatic carboxylic acids is 1. The topological polar surface area (TPSA) is 67.3 Å². The summed E-state index contributed by atoms with van der Waals surface area (Å²) in [6.07, 6.45) is 2.50. The Morgan fingerprint density at radius 1 is 1.08 bits per heavy atom. The molecule has 0 amide bonds. The highest BCUT2D eigenvalue weighted by atomic mass is 32.1. The molecule has 0 spiro atoms. The van der Waals surface area contributed by atoms with Gasteiger partial charge < -0.3 is 5.11 Å². The summed E-state index contributed by atoms with van der Waals surface area (Å²) in [6, 6.07) is 15.1. The first-order valence-electron chi connectivity index (χ1n) is 7.62. The van der Waals surface area contributed by atoms with E-state index in [1.54, 1.807) is 12.1 Å². The van der Waals surface area contributed by atoms with Gasteiger partial charge in [0.2, 0.25) is 0 Å². The standard InChI is InChI=1S/C20H15NO3S/c1-13(22)15-8-5-9-17(16(15)10-11-19(23)24)20-21-18(12-25-20)14-6-3-2-4-7-14/h2-12H,1H3,(H,23,24)/b11-10+. The van der Waals surface area contributed by atoms with E-state index >= 15 is 0 Å². The van der Waals surface area contributed by atoms with Gasteiger partial charge in [0, 0.05) is 28.1 Å². The Balaban J connectivity index is 2.11. The lowest BCUT2D eigenvalue weighted by atomic mass is 9.98. The molecule has 3 aromatic rings. The molecule has 0 bridgehead atoms. The third-order valence-electron chi connectivity index (χ3n) is 3.68. The van der Waals surface area contributed by atoms with E-state index in [9.17, 15) is 9.59 Å². The molecule has 2 aromatic carbocycles. The number of Topliss-reactive ketones (excluding diaryl/α,β-unsaturated/α-hetero) is 1. The first-order chi connectivity index (χ1) is 12.1. The highest BCUT2D eigenvalue weighted by Crippen LogP contribution is 2.33. The minimum absolute atomic E-state index is 0.119. The fourth-order valence-corrected chi connectivity index (χ4v) is 3.40. The van der Waals surface area contributed by atoms with Crippen molar-refractivity contribution in [1.82, 2.24) is 4.98 Å². The molecule has 5 heteroatoms. The molecule has 0 saturated heterocycles. The predicted octanol–water partition coefficient (Wildman–Crippen LogP) is 4.78. The van der Waals surface area contributed by atoms with Crippen molar-refractivity contribution in [2.45, 2.75) is 6.92 Å². The van der Waals surface area contributed by atoms with Gasteiger partial charge in [0.1, 0.15) is 5.01 Å². The van der Waals surface area contributed by atoms with Crippen LogP contribution in [0.5, 0.6) is 0 Å². The van der Waals surface area contributed by atoms with Crippen molar-refractivity contribution in [3.05, 3.63) is 71.1 Å². The highest BCUT2D eigenvalue weighted by Gasteiger charge is 2.14. The molecule has 0 aliphatic rings. The molecule has 0 fully saturated rings. The Morgan fingerprint density at radius 3 is 2.52 bits per heavy atom. The number of carboxylic acids is 1. The van der Waals surface area contributed by atoms with Crippen molar-refractivity contribution in [2.75, 3.05) is 0 Å². The molecular formula is C20H15NO3S. The van der Waals surface area contributed by atoms with E-state index in [0.29, 0.717) is 11.1 Å².